The number of para-hydroxylation sites is 1. The molecule has 10 nitrogen and oxygen atoms in total. The van der Waals surface area contributed by atoms with Crippen molar-refractivity contribution in [3.05, 3.63) is 100 Å². The van der Waals surface area contributed by atoms with E-state index in [0.29, 0.717) is 5.56 Å². The van der Waals surface area contributed by atoms with E-state index in [-0.39, 0.29) is 39.2 Å². The van der Waals surface area contributed by atoms with Gasteiger partial charge < -0.3 is 24.8 Å². The van der Waals surface area contributed by atoms with Crippen LogP contribution >= 0.6 is 11.6 Å². The monoisotopic (exact) mass is 709 g/mol. The van der Waals surface area contributed by atoms with Crippen molar-refractivity contribution in [2.24, 2.45) is 0 Å². The molecule has 0 spiro atoms. The minimum atomic E-state index is -4.85. The summed E-state index contributed by atoms with van der Waals surface area (Å²) in [6.07, 6.45) is -10.2. The van der Waals surface area contributed by atoms with E-state index in [1.807, 2.05) is 0 Å². The number of nitrogens with zero attached hydrogens (tertiary/aromatic N) is 5. The fraction of sp³-hybridized carbons (Fsp3) is 0.281. The Bertz CT molecular complexity index is 2000. The van der Waals surface area contributed by atoms with Crippen molar-refractivity contribution >= 4 is 11.6 Å². The van der Waals surface area contributed by atoms with Crippen molar-refractivity contribution in [2.75, 3.05) is 13.7 Å². The van der Waals surface area contributed by atoms with Gasteiger partial charge in [-0.3, -0.25) is 4.68 Å². The summed E-state index contributed by atoms with van der Waals surface area (Å²) in [6.45, 7) is 0.573. The predicted octanol–water partition coefficient (Wildman–Crippen LogP) is 5.60. The summed E-state index contributed by atoms with van der Waals surface area (Å²) < 4.78 is 98.2. The van der Waals surface area contributed by atoms with Gasteiger partial charge in [0, 0.05) is 22.3 Å². The molecule has 3 N–H and O–H groups in total. The van der Waals surface area contributed by atoms with Gasteiger partial charge in [-0.05, 0) is 55.0 Å². The summed E-state index contributed by atoms with van der Waals surface area (Å²) in [7, 11) is 1.37. The van der Waals surface area contributed by atoms with E-state index in [1.54, 1.807) is 24.3 Å². The molecular weight excluding hydrogens is 684 g/mol. The van der Waals surface area contributed by atoms with Crippen LogP contribution in [0, 0.1) is 24.4 Å². The summed E-state index contributed by atoms with van der Waals surface area (Å²) in [4.78, 5) is 4.23. The molecule has 0 bridgehead atoms. The molecule has 3 heterocycles. The molecule has 6 rings (SSSR count). The fourth-order valence-electron chi connectivity index (χ4n) is 5.85. The average molecular weight is 710 g/mol. The van der Waals surface area contributed by atoms with E-state index in [9.17, 15) is 41.7 Å². The lowest BCUT2D eigenvalue weighted by Crippen LogP contribution is -2.53. The zero-order valence-electron chi connectivity index (χ0n) is 25.4. The number of benzene rings is 3. The molecule has 1 fully saturated rings. The van der Waals surface area contributed by atoms with Crippen molar-refractivity contribution in [3.8, 4) is 33.8 Å². The highest BCUT2D eigenvalue weighted by molar-refractivity contribution is 6.30. The smallest absolute Gasteiger partial charge is 0.418 e. The maximum absolute atomic E-state index is 14.4. The summed E-state index contributed by atoms with van der Waals surface area (Å²) in [5, 5.41) is 41.9. The van der Waals surface area contributed by atoms with Gasteiger partial charge in [-0.1, -0.05) is 23.7 Å². The van der Waals surface area contributed by atoms with Gasteiger partial charge in [0.25, 0.3) is 0 Å². The van der Waals surface area contributed by atoms with Crippen LogP contribution in [0.3, 0.4) is 0 Å². The standard InChI is InChI=1S/C32H26ClF6N5O5/c1-14-40-31(44(41-14)22-11-16(33)7-8-19(22)32(37,38)39)30-29(47)27(28(46)24(13-45)49-30)43-12-18(15-9-20(34)25(36)21(35)10-15)26(42-43)17-5-3-4-6-23(17)48-2/h3-12,24,27-30,45-47H,13H2,1-2H3/t24-,27+,28+,29-,30-/m1/s1. The molecule has 0 aliphatic carbocycles. The SMILES string of the molecule is COc1ccccc1-c1nn([C@H]2[C@@H](O)[C@@H](CO)O[C@@H](c3nc(C)nn3-c3cc(Cl)ccc3C(F)(F)F)[C@@H]2O)cc1-c1cc(F)c(F)c(F)c1. The molecule has 2 aromatic heterocycles. The Morgan fingerprint density at radius 3 is 2.31 bits per heavy atom. The lowest BCUT2D eigenvalue weighted by molar-refractivity contribution is -0.210. The van der Waals surface area contributed by atoms with Crippen LogP contribution in [0.4, 0.5) is 26.3 Å². The summed E-state index contributed by atoms with van der Waals surface area (Å²) in [5.41, 5.74) is -1.44. The van der Waals surface area contributed by atoms with Crippen molar-refractivity contribution in [2.45, 2.75) is 43.6 Å². The van der Waals surface area contributed by atoms with E-state index in [0.717, 1.165) is 39.7 Å². The quantitative estimate of drug-likeness (QED) is 0.147. The van der Waals surface area contributed by atoms with Crippen LogP contribution in [-0.4, -0.2) is 71.9 Å². The average Bonchev–Trinajstić information content (AvgIpc) is 3.67. The highest BCUT2D eigenvalue weighted by Gasteiger charge is 2.49. The largest absolute Gasteiger partial charge is 0.496 e. The van der Waals surface area contributed by atoms with Gasteiger partial charge in [-0.15, -0.1) is 0 Å². The summed E-state index contributed by atoms with van der Waals surface area (Å²) >= 11 is 6.06. The van der Waals surface area contributed by atoms with Crippen LogP contribution in [0.1, 0.15) is 29.4 Å². The second-order valence-corrected chi connectivity index (χ2v) is 11.6. The van der Waals surface area contributed by atoms with Crippen LogP contribution in [0.25, 0.3) is 28.1 Å². The molecule has 49 heavy (non-hydrogen) atoms. The number of methoxy groups -OCH3 is 1. The molecule has 0 amide bonds. The van der Waals surface area contributed by atoms with Crippen molar-refractivity contribution in [1.29, 1.82) is 0 Å². The number of aromatic nitrogens is 5. The van der Waals surface area contributed by atoms with Gasteiger partial charge in [0.2, 0.25) is 0 Å². The molecule has 0 unspecified atom stereocenters. The molecule has 5 atom stereocenters. The van der Waals surface area contributed by atoms with Crippen LogP contribution in [0.2, 0.25) is 5.02 Å². The molecule has 1 saturated heterocycles. The molecule has 258 valence electrons. The highest BCUT2D eigenvalue weighted by atomic mass is 35.5. The molecule has 17 heteroatoms. The van der Waals surface area contributed by atoms with E-state index in [2.05, 4.69) is 15.2 Å². The van der Waals surface area contributed by atoms with Crippen LogP contribution < -0.4 is 4.74 Å². The van der Waals surface area contributed by atoms with E-state index < -0.39 is 71.9 Å². The van der Waals surface area contributed by atoms with Gasteiger partial charge in [0.15, 0.2) is 23.3 Å². The van der Waals surface area contributed by atoms with Crippen molar-refractivity contribution in [3.63, 3.8) is 0 Å². The number of rotatable bonds is 7. The Balaban J connectivity index is 1.52. The van der Waals surface area contributed by atoms with E-state index in [1.165, 1.54) is 20.2 Å². The number of aliphatic hydroxyl groups is 3. The lowest BCUT2D eigenvalue weighted by Gasteiger charge is -2.42. The van der Waals surface area contributed by atoms with Gasteiger partial charge in [-0.25, -0.2) is 22.8 Å². The normalized spacial score (nSPS) is 21.3. The molecule has 0 radical (unpaired) electrons. The zero-order chi connectivity index (χ0) is 35.4. The number of halogens is 7. The number of hydrogen-bond acceptors (Lipinski definition) is 8. The molecule has 5 aromatic rings. The van der Waals surface area contributed by atoms with Crippen molar-refractivity contribution in [1.82, 2.24) is 24.5 Å². The minimum Gasteiger partial charge on any atom is -0.496 e. The van der Waals surface area contributed by atoms with Crippen molar-refractivity contribution < 1.29 is 51.1 Å². The van der Waals surface area contributed by atoms with Gasteiger partial charge in [0.05, 0.1) is 25.0 Å². The first-order valence-corrected chi connectivity index (χ1v) is 14.9. The Hall–Kier alpha value is -4.48. The Morgan fingerprint density at radius 2 is 1.65 bits per heavy atom. The maximum atomic E-state index is 14.4. The second-order valence-electron chi connectivity index (χ2n) is 11.2. The molecule has 0 saturated carbocycles. The van der Waals surface area contributed by atoms with Crippen LogP contribution in [0.5, 0.6) is 5.75 Å². The maximum Gasteiger partial charge on any atom is 0.418 e. The first-order valence-electron chi connectivity index (χ1n) is 14.5. The zero-order valence-corrected chi connectivity index (χ0v) is 26.2. The topological polar surface area (TPSA) is 128 Å². The Labute approximate surface area is 278 Å². The first kappa shape index (κ1) is 34.4. The Morgan fingerprint density at radius 1 is 0.959 bits per heavy atom. The third-order valence-corrected chi connectivity index (χ3v) is 8.31. The van der Waals surface area contributed by atoms with E-state index >= 15 is 0 Å². The molecule has 1 aliphatic rings. The second kappa shape index (κ2) is 13.1. The van der Waals surface area contributed by atoms with Gasteiger partial charge in [-0.2, -0.15) is 23.4 Å². The number of hydrogen-bond donors (Lipinski definition) is 3. The number of aliphatic hydroxyl groups excluding tert-OH is 3. The van der Waals surface area contributed by atoms with E-state index in [4.69, 9.17) is 21.1 Å². The number of aryl methyl sites for hydroxylation is 1. The van der Waals surface area contributed by atoms with Gasteiger partial charge in [0.1, 0.15) is 47.7 Å². The van der Waals surface area contributed by atoms with Crippen LogP contribution in [-0.2, 0) is 10.9 Å². The molecule has 1 aliphatic heterocycles. The third kappa shape index (κ3) is 6.25. The van der Waals surface area contributed by atoms with Gasteiger partial charge >= 0.3 is 6.18 Å². The summed E-state index contributed by atoms with van der Waals surface area (Å²) in [5.74, 6) is -4.74. The fourth-order valence-corrected chi connectivity index (χ4v) is 6.01. The minimum absolute atomic E-state index is 0.0117. The third-order valence-electron chi connectivity index (χ3n) is 8.07. The highest BCUT2D eigenvalue weighted by Crippen LogP contribution is 2.43. The van der Waals surface area contributed by atoms with Crippen LogP contribution in [0.15, 0.2) is 60.8 Å². The first-order chi connectivity index (χ1) is 23.2. The number of alkyl halides is 3. The Kier molecular flexibility index (Phi) is 9.19. The molecular formula is C32H26ClF6N5O5. The summed E-state index contributed by atoms with van der Waals surface area (Å²) in [6, 6.07) is 9.22. The predicted molar refractivity (Wildman–Crippen MR) is 161 cm³/mol. The number of ether oxygens (including phenoxy) is 2. The lowest BCUT2D eigenvalue weighted by atomic mass is 9.92. The molecule has 3 aromatic carbocycles.